The quantitative estimate of drug-likeness (QED) is 0.336. The summed E-state index contributed by atoms with van der Waals surface area (Å²) >= 11 is 1.84. The van der Waals surface area contributed by atoms with Crippen molar-refractivity contribution in [1.82, 2.24) is 0 Å². The van der Waals surface area contributed by atoms with Crippen LogP contribution in [0.2, 0.25) is 19.6 Å². The lowest BCUT2D eigenvalue weighted by Crippen LogP contribution is -2.30. The van der Waals surface area contributed by atoms with Crippen LogP contribution in [0.15, 0.2) is 24.3 Å². The van der Waals surface area contributed by atoms with Gasteiger partial charge in [0.05, 0.1) is 20.9 Å². The van der Waals surface area contributed by atoms with Gasteiger partial charge in [0.2, 0.25) is 0 Å². The Kier molecular flexibility index (Phi) is 6.10. The van der Waals surface area contributed by atoms with E-state index in [1.165, 1.54) is 0 Å². The zero-order valence-electron chi connectivity index (χ0n) is 10.7. The molecule has 0 saturated heterocycles. The molecule has 0 bridgehead atoms. The summed E-state index contributed by atoms with van der Waals surface area (Å²) in [6.07, 6.45) is -0.178. The lowest BCUT2D eigenvalue weighted by Gasteiger charge is -2.15. The molecule has 1 aromatic rings. The minimum absolute atomic E-state index is 0.465. The molecule has 0 unspecified atom stereocenters. The fraction of sp³-hybridized carbons (Fsp3) is 0.417. The van der Waals surface area contributed by atoms with Crippen molar-refractivity contribution in [2.75, 3.05) is 6.23 Å². The lowest BCUT2D eigenvalue weighted by molar-refractivity contribution is 0.113. The van der Waals surface area contributed by atoms with Crippen molar-refractivity contribution < 1.29 is 17.3 Å². The number of hydrogen-bond donors (Lipinski definition) is 0. The fourth-order valence-corrected chi connectivity index (χ4v) is 2.03. The molecule has 0 atom stereocenters. The molecule has 0 aliphatic carbocycles. The Morgan fingerprint density at radius 3 is 2.33 bits per heavy atom. The van der Waals surface area contributed by atoms with Crippen LogP contribution in [-0.2, 0) is 14.4 Å². The summed E-state index contributed by atoms with van der Waals surface area (Å²) in [5.74, 6) is 0.479. The molecule has 0 amide bonds. The van der Waals surface area contributed by atoms with Gasteiger partial charge in [0.15, 0.2) is 0 Å². The van der Waals surface area contributed by atoms with Gasteiger partial charge >= 0.3 is 6.16 Å². The van der Waals surface area contributed by atoms with Gasteiger partial charge in [-0.1, -0.05) is 31.8 Å². The van der Waals surface area contributed by atoms with Gasteiger partial charge < -0.3 is 12.5 Å². The molecule has 0 aliphatic heterocycles. The van der Waals surface area contributed by atoms with Crippen molar-refractivity contribution in [3.63, 3.8) is 0 Å². The van der Waals surface area contributed by atoms with Crippen LogP contribution in [0.1, 0.15) is 5.56 Å². The first-order valence-electron chi connectivity index (χ1n) is 5.58. The maximum atomic E-state index is 11.4. The zero-order chi connectivity index (χ0) is 13.6. The summed E-state index contributed by atoms with van der Waals surface area (Å²) in [7, 11) is -1.40. The van der Waals surface area contributed by atoms with Crippen molar-refractivity contribution >= 4 is 37.2 Å². The van der Waals surface area contributed by atoms with E-state index in [0.29, 0.717) is 18.6 Å². The highest BCUT2D eigenvalue weighted by molar-refractivity contribution is 14.1. The van der Waals surface area contributed by atoms with Gasteiger partial charge in [0.25, 0.3) is 0 Å². The highest BCUT2D eigenvalue weighted by atomic mass is 127. The first-order valence-corrected chi connectivity index (χ1v) is 10.2. The molecule has 0 saturated carbocycles. The molecule has 1 rings (SSSR count). The molecule has 6 heteroatoms. The standard InChI is InChI=1S/C12H17IO4Si/c1-18(2,3)9-15-12(14)17-11-6-4-10(5-7-11)8-16-13/h4-7H,8-9H2,1-3H3. The van der Waals surface area contributed by atoms with Crippen molar-refractivity contribution in [3.8, 4) is 5.75 Å². The molecular formula is C12H17IO4Si. The van der Waals surface area contributed by atoms with Gasteiger partial charge in [-0.25, -0.2) is 4.79 Å². The molecule has 0 N–H and O–H groups in total. The Hall–Kier alpha value is -0.603. The van der Waals surface area contributed by atoms with Crippen molar-refractivity contribution in [2.24, 2.45) is 0 Å². The third-order valence-corrected chi connectivity index (χ3v) is 3.29. The number of rotatable bonds is 5. The average molecular weight is 380 g/mol. The Balaban J connectivity index is 2.44. The molecular weight excluding hydrogens is 363 g/mol. The van der Waals surface area contributed by atoms with Crippen LogP contribution in [0.3, 0.4) is 0 Å². The molecule has 0 fully saturated rings. The van der Waals surface area contributed by atoms with Crippen LogP contribution in [-0.4, -0.2) is 20.5 Å². The Morgan fingerprint density at radius 1 is 1.22 bits per heavy atom. The van der Waals surface area contributed by atoms with E-state index in [0.717, 1.165) is 5.56 Å². The Morgan fingerprint density at radius 2 is 1.83 bits per heavy atom. The zero-order valence-corrected chi connectivity index (χ0v) is 13.9. The molecule has 18 heavy (non-hydrogen) atoms. The Labute approximate surface area is 122 Å². The number of carbonyl (C=O) groups is 1. The molecule has 1 aromatic carbocycles. The van der Waals surface area contributed by atoms with Crippen LogP contribution in [0.25, 0.3) is 0 Å². The number of hydrogen-bond acceptors (Lipinski definition) is 4. The SMILES string of the molecule is C[Si](C)(C)COC(=O)Oc1ccc(COI)cc1. The highest BCUT2D eigenvalue weighted by Gasteiger charge is 2.17. The van der Waals surface area contributed by atoms with E-state index in [9.17, 15) is 4.79 Å². The summed E-state index contributed by atoms with van der Waals surface area (Å²) in [6, 6.07) is 7.14. The maximum Gasteiger partial charge on any atom is 0.513 e. The monoisotopic (exact) mass is 380 g/mol. The van der Waals surface area contributed by atoms with Crippen LogP contribution in [0, 0.1) is 0 Å². The highest BCUT2D eigenvalue weighted by Crippen LogP contribution is 2.14. The van der Waals surface area contributed by atoms with Crippen LogP contribution in [0.4, 0.5) is 4.79 Å². The number of benzene rings is 1. The van der Waals surface area contributed by atoms with E-state index in [-0.39, 0.29) is 0 Å². The predicted molar refractivity (Wildman–Crippen MR) is 80.6 cm³/mol. The van der Waals surface area contributed by atoms with Crippen LogP contribution in [0.5, 0.6) is 5.75 Å². The van der Waals surface area contributed by atoms with E-state index >= 15 is 0 Å². The second-order valence-electron chi connectivity index (χ2n) is 5.10. The largest absolute Gasteiger partial charge is 0.513 e. The third kappa shape index (κ3) is 6.36. The number of halogens is 1. The van der Waals surface area contributed by atoms with E-state index in [1.54, 1.807) is 12.1 Å². The smallest absolute Gasteiger partial charge is 0.438 e. The predicted octanol–water partition coefficient (Wildman–Crippen LogP) is 3.95. The van der Waals surface area contributed by atoms with Crippen molar-refractivity contribution in [1.29, 1.82) is 0 Å². The summed E-state index contributed by atoms with van der Waals surface area (Å²) in [5, 5.41) is 0. The minimum atomic E-state index is -1.40. The molecule has 0 radical (unpaired) electrons. The molecule has 0 heterocycles. The molecule has 0 aromatic heterocycles. The molecule has 0 aliphatic rings. The van der Waals surface area contributed by atoms with Crippen molar-refractivity contribution in [3.05, 3.63) is 29.8 Å². The first-order chi connectivity index (χ1) is 8.40. The average Bonchev–Trinajstić information content (AvgIpc) is 2.29. The summed E-state index contributed by atoms with van der Waals surface area (Å²) in [5.41, 5.74) is 1.02. The maximum absolute atomic E-state index is 11.4. The lowest BCUT2D eigenvalue weighted by atomic mass is 10.2. The van der Waals surface area contributed by atoms with E-state index in [4.69, 9.17) is 12.5 Å². The third-order valence-electron chi connectivity index (χ3n) is 1.97. The van der Waals surface area contributed by atoms with Gasteiger partial charge in [-0.15, -0.1) is 0 Å². The van der Waals surface area contributed by atoms with Crippen molar-refractivity contribution in [2.45, 2.75) is 26.2 Å². The fourth-order valence-electron chi connectivity index (χ4n) is 1.12. The van der Waals surface area contributed by atoms with E-state index in [1.807, 2.05) is 35.1 Å². The normalized spacial score (nSPS) is 11.1. The second-order valence-corrected chi connectivity index (χ2v) is 11.1. The number of ether oxygens (including phenoxy) is 2. The van der Waals surface area contributed by atoms with Gasteiger partial charge in [0.1, 0.15) is 28.8 Å². The van der Waals surface area contributed by atoms with Gasteiger partial charge in [0, 0.05) is 0 Å². The van der Waals surface area contributed by atoms with E-state index < -0.39 is 14.2 Å². The van der Waals surface area contributed by atoms with Gasteiger partial charge in [-0.2, -0.15) is 0 Å². The van der Waals surface area contributed by atoms with Gasteiger partial charge in [-0.05, 0) is 17.7 Å². The molecule has 4 nitrogen and oxygen atoms in total. The van der Waals surface area contributed by atoms with Crippen LogP contribution < -0.4 is 4.74 Å². The second kappa shape index (κ2) is 7.10. The first kappa shape index (κ1) is 15.5. The summed E-state index contributed by atoms with van der Waals surface area (Å²) in [6.45, 7) is 6.90. The minimum Gasteiger partial charge on any atom is -0.438 e. The van der Waals surface area contributed by atoms with E-state index in [2.05, 4.69) is 19.6 Å². The van der Waals surface area contributed by atoms with Crippen LogP contribution >= 0.6 is 23.0 Å². The molecule has 0 spiro atoms. The van der Waals surface area contributed by atoms with Gasteiger partial charge in [-0.3, -0.25) is 0 Å². The Bertz CT molecular complexity index is 386. The summed E-state index contributed by atoms with van der Waals surface area (Å²) < 4.78 is 15.1. The summed E-state index contributed by atoms with van der Waals surface area (Å²) in [4.78, 5) is 11.4. The topological polar surface area (TPSA) is 44.8 Å². The molecule has 100 valence electrons. The number of carbonyl (C=O) groups excluding carboxylic acids is 1.